The minimum atomic E-state index is 0.531. The molecular weight excluding hydrogens is 260 g/mol. The van der Waals surface area contributed by atoms with Crippen LogP contribution < -0.4 is 10.6 Å². The van der Waals surface area contributed by atoms with E-state index in [1.807, 2.05) is 12.1 Å². The fraction of sp³-hybridized carbons (Fsp3) is 0.471. The van der Waals surface area contributed by atoms with E-state index in [-0.39, 0.29) is 0 Å². The number of hydrogen-bond acceptors (Lipinski definition) is 4. The second-order valence-corrected chi connectivity index (χ2v) is 6.13. The Morgan fingerprint density at radius 2 is 1.86 bits per heavy atom. The first-order valence-corrected chi connectivity index (χ1v) is 7.65. The van der Waals surface area contributed by atoms with Crippen molar-refractivity contribution in [2.24, 2.45) is 5.73 Å². The summed E-state index contributed by atoms with van der Waals surface area (Å²) in [6.45, 7) is 7.11. The molecule has 1 aromatic heterocycles. The zero-order chi connectivity index (χ0) is 15.0. The Morgan fingerprint density at radius 3 is 2.52 bits per heavy atom. The summed E-state index contributed by atoms with van der Waals surface area (Å²) in [5.74, 6) is 1.06. The largest absolute Gasteiger partial charge is 0.353 e. The number of aromatic nitrogens is 1. The third-order valence-electron chi connectivity index (χ3n) is 4.69. The molecule has 1 aliphatic rings. The van der Waals surface area contributed by atoms with Gasteiger partial charge in [-0.05, 0) is 38.6 Å². The molecule has 1 saturated heterocycles. The summed E-state index contributed by atoms with van der Waals surface area (Å²) in [6, 6.07) is 11.5. The van der Waals surface area contributed by atoms with Crippen LogP contribution in [-0.2, 0) is 6.54 Å². The molecule has 3 rings (SSSR count). The summed E-state index contributed by atoms with van der Waals surface area (Å²) in [5, 5.41) is 1.17. The van der Waals surface area contributed by atoms with Gasteiger partial charge in [-0.2, -0.15) is 0 Å². The van der Waals surface area contributed by atoms with E-state index in [4.69, 9.17) is 10.7 Å². The molecule has 0 bridgehead atoms. The number of piperazine rings is 1. The summed E-state index contributed by atoms with van der Waals surface area (Å²) in [6.07, 6.45) is 0. The van der Waals surface area contributed by atoms with Crippen LogP contribution in [0.1, 0.15) is 19.4 Å². The average Bonchev–Trinajstić information content (AvgIpc) is 2.51. The fourth-order valence-corrected chi connectivity index (χ4v) is 3.15. The molecule has 0 amide bonds. The van der Waals surface area contributed by atoms with Crippen molar-refractivity contribution in [3.05, 3.63) is 35.9 Å². The first kappa shape index (κ1) is 14.3. The normalized spacial score (nSPS) is 23.7. The number of para-hydroxylation sites is 1. The van der Waals surface area contributed by atoms with Crippen molar-refractivity contribution in [1.82, 2.24) is 9.88 Å². The molecule has 4 nitrogen and oxygen atoms in total. The quantitative estimate of drug-likeness (QED) is 0.918. The first-order chi connectivity index (χ1) is 10.1. The maximum Gasteiger partial charge on any atom is 0.129 e. The second kappa shape index (κ2) is 5.62. The zero-order valence-corrected chi connectivity index (χ0v) is 13.1. The summed E-state index contributed by atoms with van der Waals surface area (Å²) in [7, 11) is 2.20. The number of fused-ring (bicyclic) bond motifs is 1. The molecule has 2 unspecified atom stereocenters. The monoisotopic (exact) mass is 284 g/mol. The molecule has 2 atom stereocenters. The molecule has 0 spiro atoms. The third-order valence-corrected chi connectivity index (χ3v) is 4.69. The van der Waals surface area contributed by atoms with Gasteiger partial charge in [0.25, 0.3) is 0 Å². The van der Waals surface area contributed by atoms with E-state index in [2.05, 4.69) is 48.9 Å². The molecular formula is C17H24N4. The highest BCUT2D eigenvalue weighted by atomic mass is 15.3. The lowest BCUT2D eigenvalue weighted by Crippen LogP contribution is -2.55. The smallest absolute Gasteiger partial charge is 0.129 e. The lowest BCUT2D eigenvalue weighted by molar-refractivity contribution is 0.169. The van der Waals surface area contributed by atoms with Gasteiger partial charge in [0.15, 0.2) is 0 Å². The molecule has 2 aromatic rings. The Bertz CT molecular complexity index is 628. The minimum absolute atomic E-state index is 0.531. The molecule has 2 heterocycles. The number of rotatable bonds is 2. The molecule has 1 aliphatic heterocycles. The van der Waals surface area contributed by atoms with Crippen LogP contribution >= 0.6 is 0 Å². The van der Waals surface area contributed by atoms with Gasteiger partial charge >= 0.3 is 0 Å². The molecule has 0 saturated carbocycles. The van der Waals surface area contributed by atoms with E-state index >= 15 is 0 Å². The molecule has 4 heteroatoms. The third kappa shape index (κ3) is 2.61. The Labute approximate surface area is 126 Å². The summed E-state index contributed by atoms with van der Waals surface area (Å²) >= 11 is 0. The number of likely N-dealkylation sites (N-methyl/N-ethyl adjacent to an activating group) is 1. The Morgan fingerprint density at radius 1 is 1.19 bits per heavy atom. The van der Waals surface area contributed by atoms with Gasteiger partial charge < -0.3 is 10.6 Å². The Kier molecular flexibility index (Phi) is 3.83. The molecule has 0 radical (unpaired) electrons. The van der Waals surface area contributed by atoms with Gasteiger partial charge in [0.2, 0.25) is 0 Å². The average molecular weight is 284 g/mol. The summed E-state index contributed by atoms with van der Waals surface area (Å²) in [5.41, 5.74) is 8.15. The van der Waals surface area contributed by atoms with Gasteiger partial charge in [-0.25, -0.2) is 4.98 Å². The lowest BCUT2D eigenvalue weighted by atomic mass is 10.1. The van der Waals surface area contributed by atoms with Crippen LogP contribution in [0.5, 0.6) is 0 Å². The number of nitrogens with zero attached hydrogens (tertiary/aromatic N) is 3. The zero-order valence-electron chi connectivity index (χ0n) is 13.1. The van der Waals surface area contributed by atoms with E-state index < -0.39 is 0 Å². The van der Waals surface area contributed by atoms with E-state index in [0.29, 0.717) is 18.6 Å². The second-order valence-electron chi connectivity index (χ2n) is 6.13. The van der Waals surface area contributed by atoms with Crippen molar-refractivity contribution in [3.8, 4) is 0 Å². The fourth-order valence-electron chi connectivity index (χ4n) is 3.15. The van der Waals surface area contributed by atoms with E-state index in [1.165, 1.54) is 10.9 Å². The highest BCUT2D eigenvalue weighted by Crippen LogP contribution is 2.25. The standard InChI is InChI=1S/C17H24N4/c1-12-10-21(11-13(2)20(12)3)17-8-14(9-18)15-6-4-5-7-16(15)19-17/h4-8,12-13H,9-11,18H2,1-3H3. The van der Waals surface area contributed by atoms with Crippen LogP contribution in [0.25, 0.3) is 10.9 Å². The van der Waals surface area contributed by atoms with Crippen molar-refractivity contribution >= 4 is 16.7 Å². The van der Waals surface area contributed by atoms with Gasteiger partial charge in [-0.3, -0.25) is 4.90 Å². The predicted molar refractivity (Wildman–Crippen MR) is 88.5 cm³/mol. The van der Waals surface area contributed by atoms with E-state index in [9.17, 15) is 0 Å². The summed E-state index contributed by atoms with van der Waals surface area (Å²) in [4.78, 5) is 9.68. The maximum atomic E-state index is 5.94. The van der Waals surface area contributed by atoms with Crippen LogP contribution in [0, 0.1) is 0 Å². The van der Waals surface area contributed by atoms with Crippen molar-refractivity contribution in [3.63, 3.8) is 0 Å². The molecule has 1 fully saturated rings. The van der Waals surface area contributed by atoms with Crippen molar-refractivity contribution in [1.29, 1.82) is 0 Å². The van der Waals surface area contributed by atoms with E-state index in [0.717, 1.165) is 24.4 Å². The van der Waals surface area contributed by atoms with Crippen LogP contribution in [0.4, 0.5) is 5.82 Å². The summed E-state index contributed by atoms with van der Waals surface area (Å²) < 4.78 is 0. The van der Waals surface area contributed by atoms with Crippen molar-refractivity contribution in [2.75, 3.05) is 25.0 Å². The predicted octanol–water partition coefficient (Wildman–Crippen LogP) is 2.22. The lowest BCUT2D eigenvalue weighted by Gasteiger charge is -2.43. The topological polar surface area (TPSA) is 45.4 Å². The Hall–Kier alpha value is -1.65. The number of anilines is 1. The van der Waals surface area contributed by atoms with Crippen molar-refractivity contribution in [2.45, 2.75) is 32.5 Å². The molecule has 2 N–H and O–H groups in total. The molecule has 1 aromatic carbocycles. The van der Waals surface area contributed by atoms with Crippen molar-refractivity contribution < 1.29 is 0 Å². The first-order valence-electron chi connectivity index (χ1n) is 7.65. The number of hydrogen-bond donors (Lipinski definition) is 1. The molecule has 112 valence electrons. The molecule has 0 aliphatic carbocycles. The van der Waals surface area contributed by atoms with Crippen LogP contribution in [0.15, 0.2) is 30.3 Å². The van der Waals surface area contributed by atoms with Crippen LogP contribution in [-0.4, -0.2) is 42.1 Å². The van der Waals surface area contributed by atoms with Gasteiger partial charge in [-0.1, -0.05) is 18.2 Å². The van der Waals surface area contributed by atoms with E-state index in [1.54, 1.807) is 0 Å². The SMILES string of the molecule is CC1CN(c2cc(CN)c3ccccc3n2)CC(C)N1C. The number of pyridine rings is 1. The van der Waals surface area contributed by atoms with Gasteiger partial charge in [-0.15, -0.1) is 0 Å². The van der Waals surface area contributed by atoms with Crippen LogP contribution in [0.3, 0.4) is 0 Å². The van der Waals surface area contributed by atoms with Gasteiger partial charge in [0, 0.05) is 37.1 Å². The maximum absolute atomic E-state index is 5.94. The van der Waals surface area contributed by atoms with Gasteiger partial charge in [0.05, 0.1) is 5.52 Å². The number of benzene rings is 1. The minimum Gasteiger partial charge on any atom is -0.353 e. The highest BCUT2D eigenvalue weighted by molar-refractivity contribution is 5.84. The van der Waals surface area contributed by atoms with Gasteiger partial charge in [0.1, 0.15) is 5.82 Å². The number of nitrogens with two attached hydrogens (primary N) is 1. The molecule has 21 heavy (non-hydrogen) atoms. The van der Waals surface area contributed by atoms with Crippen LogP contribution in [0.2, 0.25) is 0 Å². The highest BCUT2D eigenvalue weighted by Gasteiger charge is 2.27. The Balaban J connectivity index is 2.01.